The number of para-hydroxylation sites is 1. The Balaban J connectivity index is 1.61. The number of sulfonamides is 1. The highest BCUT2D eigenvalue weighted by Crippen LogP contribution is 2.31. The van der Waals surface area contributed by atoms with E-state index < -0.39 is 39.9 Å². The molecule has 0 bridgehead atoms. The Kier molecular flexibility index (Phi) is 9.26. The summed E-state index contributed by atoms with van der Waals surface area (Å²) >= 11 is 0. The monoisotopic (exact) mass is 584 g/mol. The number of urea groups is 1. The number of carbonyl (C=O) groups is 2. The Morgan fingerprint density at radius 3 is 2.41 bits per heavy atom. The van der Waals surface area contributed by atoms with Crippen LogP contribution in [0.5, 0.6) is 5.75 Å². The Morgan fingerprint density at radius 1 is 1.10 bits per heavy atom. The van der Waals surface area contributed by atoms with Crippen LogP contribution in [0.3, 0.4) is 0 Å². The lowest BCUT2D eigenvalue weighted by atomic mass is 9.99. The highest BCUT2D eigenvalue weighted by atomic mass is 32.2. The molecule has 0 unspecified atom stereocenters. The molecule has 0 saturated carbocycles. The molecule has 3 atom stereocenters. The number of rotatable bonds is 8. The average molecular weight is 585 g/mol. The molecule has 3 aromatic carbocycles. The van der Waals surface area contributed by atoms with Crippen molar-refractivity contribution in [3.63, 3.8) is 0 Å². The van der Waals surface area contributed by atoms with E-state index in [1.54, 1.807) is 43.3 Å². The molecule has 0 aliphatic carbocycles. The summed E-state index contributed by atoms with van der Waals surface area (Å²) < 4.78 is 47.1. The number of aliphatic hydroxyl groups excluding tert-OH is 1. The number of ether oxygens (including phenoxy) is 1. The fourth-order valence-electron chi connectivity index (χ4n) is 4.47. The van der Waals surface area contributed by atoms with Crippen LogP contribution >= 0.6 is 0 Å². The number of fused-ring (bicyclic) bond motifs is 1. The minimum absolute atomic E-state index is 0.0597. The van der Waals surface area contributed by atoms with E-state index in [9.17, 15) is 27.5 Å². The SMILES string of the molecule is C[C@@H]1CN([C@H](C)CO)C(=O)c2cc(NC(=O)Nc3ccccc3)ccc2O[C@H]1CN(C)S(=O)(=O)c1ccc(F)cc1. The molecule has 1 aliphatic rings. The Bertz CT molecular complexity index is 1490. The van der Waals surface area contributed by atoms with E-state index in [1.807, 2.05) is 13.0 Å². The van der Waals surface area contributed by atoms with Crippen molar-refractivity contribution in [1.29, 1.82) is 0 Å². The second-order valence-electron chi connectivity index (χ2n) is 10.0. The van der Waals surface area contributed by atoms with Gasteiger partial charge in [0.2, 0.25) is 10.0 Å². The molecule has 1 heterocycles. The molecule has 1 aliphatic heterocycles. The Hall–Kier alpha value is -4.00. The molecule has 0 fully saturated rings. The van der Waals surface area contributed by atoms with Crippen molar-refractivity contribution in [1.82, 2.24) is 9.21 Å². The molecule has 0 spiro atoms. The van der Waals surface area contributed by atoms with Crippen LogP contribution in [-0.4, -0.2) is 73.6 Å². The van der Waals surface area contributed by atoms with Gasteiger partial charge in [0.15, 0.2) is 0 Å². The molecule has 0 saturated heterocycles. The maximum absolute atomic E-state index is 13.6. The standard InChI is InChI=1S/C29H33FN4O6S/c1-19-16-34(20(2)18-35)28(36)25-15-23(32-29(37)31-22-7-5-4-6-8-22)11-14-26(25)40-27(19)17-33(3)41(38,39)24-12-9-21(30)10-13-24/h4-15,19-20,27,35H,16-18H2,1-3H3,(H2,31,32,37)/t19-,20-,27+/m1/s1. The normalized spacial score (nSPS) is 18.1. The first kappa shape index (κ1) is 30.0. The van der Waals surface area contributed by atoms with Gasteiger partial charge < -0.3 is 25.4 Å². The van der Waals surface area contributed by atoms with Gasteiger partial charge in [-0.1, -0.05) is 25.1 Å². The molecule has 0 radical (unpaired) electrons. The summed E-state index contributed by atoms with van der Waals surface area (Å²) in [5, 5.41) is 15.3. The third-order valence-electron chi connectivity index (χ3n) is 6.91. The van der Waals surface area contributed by atoms with Gasteiger partial charge in [-0.3, -0.25) is 4.79 Å². The third kappa shape index (κ3) is 7.02. The van der Waals surface area contributed by atoms with Gasteiger partial charge in [-0.05, 0) is 61.5 Å². The van der Waals surface area contributed by atoms with Gasteiger partial charge in [0.25, 0.3) is 5.91 Å². The van der Waals surface area contributed by atoms with Crippen LogP contribution in [0.2, 0.25) is 0 Å². The molecule has 3 aromatic rings. The lowest BCUT2D eigenvalue weighted by molar-refractivity contribution is 0.0387. The lowest BCUT2D eigenvalue weighted by Crippen LogP contribution is -2.50. The first-order chi connectivity index (χ1) is 19.5. The van der Waals surface area contributed by atoms with Crippen molar-refractivity contribution < 1.29 is 32.2 Å². The zero-order chi connectivity index (χ0) is 29.7. The highest BCUT2D eigenvalue weighted by Gasteiger charge is 2.35. The summed E-state index contributed by atoms with van der Waals surface area (Å²) in [6.07, 6.45) is -0.685. The number of hydrogen-bond acceptors (Lipinski definition) is 6. The third-order valence-corrected chi connectivity index (χ3v) is 8.75. The second-order valence-corrected chi connectivity index (χ2v) is 12.1. The fourth-order valence-corrected chi connectivity index (χ4v) is 5.65. The summed E-state index contributed by atoms with van der Waals surface area (Å²) in [4.78, 5) is 27.6. The van der Waals surface area contributed by atoms with Crippen LogP contribution in [0.1, 0.15) is 24.2 Å². The van der Waals surface area contributed by atoms with E-state index in [0.717, 1.165) is 16.4 Å². The van der Waals surface area contributed by atoms with Crippen molar-refractivity contribution in [3.05, 3.63) is 84.2 Å². The van der Waals surface area contributed by atoms with E-state index in [-0.39, 0.29) is 41.8 Å². The molecule has 41 heavy (non-hydrogen) atoms. The van der Waals surface area contributed by atoms with Crippen LogP contribution in [0.4, 0.5) is 20.6 Å². The van der Waals surface area contributed by atoms with Crippen LogP contribution < -0.4 is 15.4 Å². The number of nitrogens with one attached hydrogen (secondary N) is 2. The van der Waals surface area contributed by atoms with Gasteiger partial charge in [0.05, 0.1) is 29.7 Å². The van der Waals surface area contributed by atoms with Gasteiger partial charge in [-0.15, -0.1) is 0 Å². The molecule has 10 nitrogen and oxygen atoms in total. The fraction of sp³-hybridized carbons (Fsp3) is 0.310. The van der Waals surface area contributed by atoms with Gasteiger partial charge in [0.1, 0.15) is 17.7 Å². The van der Waals surface area contributed by atoms with Gasteiger partial charge in [0, 0.05) is 30.9 Å². The number of amides is 3. The summed E-state index contributed by atoms with van der Waals surface area (Å²) in [7, 11) is -2.55. The number of benzene rings is 3. The molecule has 12 heteroatoms. The number of aliphatic hydroxyl groups is 1. The van der Waals surface area contributed by atoms with Gasteiger partial charge >= 0.3 is 6.03 Å². The van der Waals surface area contributed by atoms with Crippen molar-refractivity contribution in [2.24, 2.45) is 5.92 Å². The topological polar surface area (TPSA) is 128 Å². The van der Waals surface area contributed by atoms with Crippen LogP contribution in [0.25, 0.3) is 0 Å². The zero-order valence-corrected chi connectivity index (χ0v) is 23.8. The maximum Gasteiger partial charge on any atom is 0.323 e. The zero-order valence-electron chi connectivity index (χ0n) is 23.0. The smallest absolute Gasteiger partial charge is 0.323 e. The number of carbonyl (C=O) groups excluding carboxylic acids is 2. The van der Waals surface area contributed by atoms with E-state index in [0.29, 0.717) is 11.4 Å². The molecule has 218 valence electrons. The highest BCUT2D eigenvalue weighted by molar-refractivity contribution is 7.89. The maximum atomic E-state index is 13.6. The number of likely N-dealkylation sites (N-methyl/N-ethyl adjacent to an activating group) is 1. The largest absolute Gasteiger partial charge is 0.488 e. The molecular formula is C29H33FN4O6S. The summed E-state index contributed by atoms with van der Waals surface area (Å²) in [6.45, 7) is 3.39. The minimum atomic E-state index is -3.96. The Morgan fingerprint density at radius 2 is 1.76 bits per heavy atom. The minimum Gasteiger partial charge on any atom is -0.488 e. The summed E-state index contributed by atoms with van der Waals surface area (Å²) in [5.41, 5.74) is 1.09. The number of hydrogen-bond donors (Lipinski definition) is 3. The summed E-state index contributed by atoms with van der Waals surface area (Å²) in [5.74, 6) is -1.06. The lowest BCUT2D eigenvalue weighted by Gasteiger charge is -2.38. The predicted octanol–water partition coefficient (Wildman–Crippen LogP) is 4.01. The molecule has 3 N–H and O–H groups in total. The van der Waals surface area contributed by atoms with Crippen molar-refractivity contribution in [2.45, 2.75) is 30.9 Å². The van der Waals surface area contributed by atoms with Crippen LogP contribution in [0.15, 0.2) is 77.7 Å². The quantitative estimate of drug-likeness (QED) is 0.367. The van der Waals surface area contributed by atoms with Crippen molar-refractivity contribution in [2.75, 3.05) is 37.4 Å². The summed E-state index contributed by atoms with van der Waals surface area (Å²) in [6, 6.07) is 17.0. The van der Waals surface area contributed by atoms with Crippen molar-refractivity contribution >= 4 is 33.3 Å². The van der Waals surface area contributed by atoms with E-state index in [2.05, 4.69) is 10.6 Å². The van der Waals surface area contributed by atoms with Crippen LogP contribution in [-0.2, 0) is 10.0 Å². The average Bonchev–Trinajstić information content (AvgIpc) is 2.95. The number of anilines is 2. The van der Waals surface area contributed by atoms with Crippen molar-refractivity contribution in [3.8, 4) is 5.75 Å². The second kappa shape index (κ2) is 12.7. The molecule has 4 rings (SSSR count). The first-order valence-electron chi connectivity index (χ1n) is 13.1. The van der Waals surface area contributed by atoms with Gasteiger partial charge in [-0.25, -0.2) is 17.6 Å². The first-order valence-corrected chi connectivity index (χ1v) is 14.5. The molecule has 3 amide bonds. The van der Waals surface area contributed by atoms with E-state index >= 15 is 0 Å². The van der Waals surface area contributed by atoms with Crippen LogP contribution in [0, 0.1) is 11.7 Å². The predicted molar refractivity (Wildman–Crippen MR) is 153 cm³/mol. The van der Waals surface area contributed by atoms with E-state index in [1.165, 1.54) is 30.1 Å². The number of nitrogens with zero attached hydrogens (tertiary/aromatic N) is 2. The van der Waals surface area contributed by atoms with Gasteiger partial charge in [-0.2, -0.15) is 4.31 Å². The number of halogens is 1. The van der Waals surface area contributed by atoms with E-state index in [4.69, 9.17) is 4.74 Å². The Labute approximate surface area is 238 Å². The molecule has 0 aromatic heterocycles. The molecular weight excluding hydrogens is 551 g/mol.